The molecule has 1 atom stereocenters. The maximum atomic E-state index is 12.3. The number of nitrogens with one attached hydrogen (secondary N) is 1. The Kier molecular flexibility index (Phi) is 5.10. The topological polar surface area (TPSA) is 74.3 Å². The number of aromatic amines is 1. The first-order valence-corrected chi connectivity index (χ1v) is 8.12. The molecule has 0 radical (unpaired) electrons. The number of hydrogen-bond acceptors (Lipinski definition) is 5. The van der Waals surface area contributed by atoms with Gasteiger partial charge in [-0.25, -0.2) is 0 Å². The molecule has 1 aliphatic heterocycles. The minimum atomic E-state index is 0.0327. The highest BCUT2D eigenvalue weighted by atomic mass is 16.5. The van der Waals surface area contributed by atoms with Gasteiger partial charge in [0.15, 0.2) is 0 Å². The molecule has 1 N–H and O–H groups in total. The summed E-state index contributed by atoms with van der Waals surface area (Å²) >= 11 is 0. The van der Waals surface area contributed by atoms with Gasteiger partial charge in [-0.05, 0) is 26.2 Å². The highest BCUT2D eigenvalue weighted by Crippen LogP contribution is 2.19. The fraction of sp³-hybridized carbons (Fsp3) is 0.471. The molecular formula is C17H23N5O2. The summed E-state index contributed by atoms with van der Waals surface area (Å²) in [5.41, 5.74) is 1.81. The van der Waals surface area contributed by atoms with E-state index in [-0.39, 0.29) is 12.0 Å². The number of carbonyl (C=O) groups is 1. The van der Waals surface area contributed by atoms with Crippen LogP contribution < -0.4 is 4.74 Å². The molecule has 7 nitrogen and oxygen atoms in total. The predicted octanol–water partition coefficient (Wildman–Crippen LogP) is 1.09. The summed E-state index contributed by atoms with van der Waals surface area (Å²) in [4.78, 5) is 20.6. The lowest BCUT2D eigenvalue weighted by molar-refractivity contribution is -0.129. The van der Waals surface area contributed by atoms with Crippen LogP contribution in [-0.2, 0) is 17.8 Å². The predicted molar refractivity (Wildman–Crippen MR) is 89.5 cm³/mol. The van der Waals surface area contributed by atoms with E-state index in [4.69, 9.17) is 4.74 Å². The molecule has 3 heterocycles. The van der Waals surface area contributed by atoms with Crippen LogP contribution in [0.4, 0.5) is 0 Å². The van der Waals surface area contributed by atoms with Gasteiger partial charge in [0.05, 0.1) is 18.7 Å². The van der Waals surface area contributed by atoms with E-state index in [0.29, 0.717) is 13.0 Å². The van der Waals surface area contributed by atoms with Crippen LogP contribution in [0.25, 0.3) is 0 Å². The fourth-order valence-electron chi connectivity index (χ4n) is 2.84. The zero-order chi connectivity index (χ0) is 16.9. The molecule has 24 heavy (non-hydrogen) atoms. The van der Waals surface area contributed by atoms with E-state index in [9.17, 15) is 4.79 Å². The zero-order valence-corrected chi connectivity index (χ0v) is 14.1. The third-order valence-electron chi connectivity index (χ3n) is 3.97. The van der Waals surface area contributed by atoms with Crippen LogP contribution in [0.1, 0.15) is 17.8 Å². The van der Waals surface area contributed by atoms with E-state index in [0.717, 1.165) is 36.6 Å². The summed E-state index contributed by atoms with van der Waals surface area (Å²) in [5.74, 6) is 0.920. The van der Waals surface area contributed by atoms with Crippen molar-refractivity contribution in [3.05, 3.63) is 42.0 Å². The van der Waals surface area contributed by atoms with E-state index in [1.54, 1.807) is 12.4 Å². The normalized spacial score (nSPS) is 17.5. The van der Waals surface area contributed by atoms with Crippen LogP contribution in [0.2, 0.25) is 0 Å². The number of amides is 1. The quantitative estimate of drug-likeness (QED) is 0.859. The number of likely N-dealkylation sites (tertiary alicyclic amines) is 1. The van der Waals surface area contributed by atoms with E-state index in [2.05, 4.69) is 20.1 Å². The second-order valence-corrected chi connectivity index (χ2v) is 6.35. The Balaban J connectivity index is 1.53. The minimum Gasteiger partial charge on any atom is -0.488 e. The summed E-state index contributed by atoms with van der Waals surface area (Å²) < 4.78 is 6.04. The number of rotatable bonds is 6. The summed E-state index contributed by atoms with van der Waals surface area (Å²) in [6.45, 7) is 2.13. The van der Waals surface area contributed by atoms with Crippen molar-refractivity contribution in [2.75, 3.05) is 27.2 Å². The van der Waals surface area contributed by atoms with E-state index in [1.807, 2.05) is 37.2 Å². The standard InChI is InChI=1S/C17H23N5O2/c1-21(2)11-14-9-15(4-6-18-14)24-16-5-8-22(12-16)17(23)10-13-3-7-19-20-13/h3-4,6-7,9,16H,5,8,10-12H2,1-2H3,(H,19,20). The molecule has 0 aromatic carbocycles. The summed E-state index contributed by atoms with van der Waals surface area (Å²) in [6, 6.07) is 5.66. The Morgan fingerprint density at radius 1 is 1.42 bits per heavy atom. The Labute approximate surface area is 141 Å². The second-order valence-electron chi connectivity index (χ2n) is 6.35. The van der Waals surface area contributed by atoms with Gasteiger partial charge in [0.2, 0.25) is 5.91 Å². The van der Waals surface area contributed by atoms with Crippen molar-refractivity contribution >= 4 is 5.91 Å². The van der Waals surface area contributed by atoms with Gasteiger partial charge in [0.25, 0.3) is 0 Å². The first kappa shape index (κ1) is 16.4. The van der Waals surface area contributed by atoms with Gasteiger partial charge in [-0.3, -0.25) is 14.9 Å². The van der Waals surface area contributed by atoms with Gasteiger partial charge in [0.1, 0.15) is 11.9 Å². The number of aromatic nitrogens is 3. The molecule has 0 aliphatic carbocycles. The summed E-state index contributed by atoms with van der Waals surface area (Å²) in [5, 5.41) is 6.70. The molecule has 128 valence electrons. The average molecular weight is 329 g/mol. The highest BCUT2D eigenvalue weighted by molar-refractivity contribution is 5.78. The van der Waals surface area contributed by atoms with Crippen molar-refractivity contribution in [3.63, 3.8) is 0 Å². The Bertz CT molecular complexity index is 671. The van der Waals surface area contributed by atoms with E-state index >= 15 is 0 Å². The van der Waals surface area contributed by atoms with Gasteiger partial charge in [-0.15, -0.1) is 0 Å². The third-order valence-corrected chi connectivity index (χ3v) is 3.97. The molecule has 0 bridgehead atoms. The number of H-pyrrole nitrogens is 1. The SMILES string of the molecule is CN(C)Cc1cc(OC2CCN(C(=O)Cc3ccn[nH]3)C2)ccn1. The number of hydrogen-bond donors (Lipinski definition) is 1. The lowest BCUT2D eigenvalue weighted by atomic mass is 10.3. The molecule has 1 fully saturated rings. The Hall–Kier alpha value is -2.41. The molecule has 1 unspecified atom stereocenters. The maximum absolute atomic E-state index is 12.3. The third kappa shape index (κ3) is 4.32. The number of nitrogens with zero attached hydrogens (tertiary/aromatic N) is 4. The first-order valence-electron chi connectivity index (χ1n) is 8.12. The Morgan fingerprint density at radius 2 is 2.29 bits per heavy atom. The van der Waals surface area contributed by atoms with Crippen molar-refractivity contribution in [2.45, 2.75) is 25.5 Å². The maximum Gasteiger partial charge on any atom is 0.228 e. The van der Waals surface area contributed by atoms with Crippen molar-refractivity contribution < 1.29 is 9.53 Å². The van der Waals surface area contributed by atoms with Gasteiger partial charge < -0.3 is 14.5 Å². The van der Waals surface area contributed by atoms with Crippen molar-refractivity contribution in [3.8, 4) is 5.75 Å². The molecule has 2 aromatic heterocycles. The number of pyridine rings is 1. The van der Waals surface area contributed by atoms with Crippen LogP contribution >= 0.6 is 0 Å². The average Bonchev–Trinajstić information content (AvgIpc) is 3.18. The van der Waals surface area contributed by atoms with Crippen LogP contribution in [0.3, 0.4) is 0 Å². The lowest BCUT2D eigenvalue weighted by Crippen LogP contribution is -2.32. The zero-order valence-electron chi connectivity index (χ0n) is 14.1. The largest absolute Gasteiger partial charge is 0.488 e. The smallest absolute Gasteiger partial charge is 0.228 e. The molecule has 0 spiro atoms. The van der Waals surface area contributed by atoms with Crippen molar-refractivity contribution in [1.29, 1.82) is 0 Å². The molecule has 1 saturated heterocycles. The molecule has 1 amide bonds. The molecule has 7 heteroatoms. The Morgan fingerprint density at radius 3 is 3.04 bits per heavy atom. The molecule has 0 saturated carbocycles. The van der Waals surface area contributed by atoms with E-state index in [1.165, 1.54) is 0 Å². The fourth-order valence-corrected chi connectivity index (χ4v) is 2.84. The molecule has 1 aliphatic rings. The van der Waals surface area contributed by atoms with Crippen LogP contribution in [0, 0.1) is 0 Å². The van der Waals surface area contributed by atoms with Crippen molar-refractivity contribution in [1.82, 2.24) is 25.0 Å². The monoisotopic (exact) mass is 329 g/mol. The molecular weight excluding hydrogens is 306 g/mol. The van der Waals surface area contributed by atoms with Gasteiger partial charge >= 0.3 is 0 Å². The van der Waals surface area contributed by atoms with Gasteiger partial charge in [-0.1, -0.05) is 0 Å². The second kappa shape index (κ2) is 7.44. The number of carbonyl (C=O) groups excluding carboxylic acids is 1. The summed E-state index contributed by atoms with van der Waals surface area (Å²) in [6.07, 6.45) is 4.66. The molecule has 3 rings (SSSR count). The van der Waals surface area contributed by atoms with Gasteiger partial charge in [0, 0.05) is 43.7 Å². The van der Waals surface area contributed by atoms with Crippen LogP contribution in [-0.4, -0.2) is 64.2 Å². The molecule has 2 aromatic rings. The van der Waals surface area contributed by atoms with Crippen LogP contribution in [0.15, 0.2) is 30.6 Å². The summed E-state index contributed by atoms with van der Waals surface area (Å²) in [7, 11) is 4.02. The number of ether oxygens (including phenoxy) is 1. The van der Waals surface area contributed by atoms with Gasteiger partial charge in [-0.2, -0.15) is 5.10 Å². The van der Waals surface area contributed by atoms with Crippen LogP contribution in [0.5, 0.6) is 5.75 Å². The minimum absolute atomic E-state index is 0.0327. The lowest BCUT2D eigenvalue weighted by Gasteiger charge is -2.17. The van der Waals surface area contributed by atoms with E-state index < -0.39 is 0 Å². The van der Waals surface area contributed by atoms with Crippen molar-refractivity contribution in [2.24, 2.45) is 0 Å². The first-order chi connectivity index (χ1) is 11.6. The highest BCUT2D eigenvalue weighted by Gasteiger charge is 2.27.